The second kappa shape index (κ2) is 7.87. The van der Waals surface area contributed by atoms with Crippen LogP contribution in [0, 0.1) is 5.92 Å². The van der Waals surface area contributed by atoms with Crippen molar-refractivity contribution in [3.05, 3.63) is 28.8 Å². The Hall–Kier alpha value is -0.770. The first kappa shape index (κ1) is 15.6. The number of likely N-dealkylation sites (tertiary alicyclic amines) is 1. The second-order valence-electron chi connectivity index (χ2n) is 5.67. The number of hydrogen-bond acceptors (Lipinski definition) is 3. The fraction of sp³-hybridized carbons (Fsp3) is 0.625. The Morgan fingerprint density at radius 1 is 1.35 bits per heavy atom. The predicted octanol–water partition coefficient (Wildman–Crippen LogP) is 3.17. The SMILES string of the molecule is COc1ccc(CNCCN2CCC(C)CC2)cc1Cl. The summed E-state index contributed by atoms with van der Waals surface area (Å²) in [7, 11) is 1.64. The van der Waals surface area contributed by atoms with Gasteiger partial charge >= 0.3 is 0 Å². The normalized spacial score (nSPS) is 17.4. The van der Waals surface area contributed by atoms with Crippen LogP contribution in [0.3, 0.4) is 0 Å². The van der Waals surface area contributed by atoms with Gasteiger partial charge in [0, 0.05) is 19.6 Å². The van der Waals surface area contributed by atoms with Crippen molar-refractivity contribution in [3.8, 4) is 5.75 Å². The van der Waals surface area contributed by atoms with Crippen LogP contribution in [0.4, 0.5) is 0 Å². The van der Waals surface area contributed by atoms with Gasteiger partial charge in [0.25, 0.3) is 0 Å². The molecular formula is C16H25ClN2O. The van der Waals surface area contributed by atoms with Crippen molar-refractivity contribution in [2.24, 2.45) is 5.92 Å². The van der Waals surface area contributed by atoms with Crippen LogP contribution in [0.1, 0.15) is 25.3 Å². The Morgan fingerprint density at radius 3 is 2.75 bits per heavy atom. The molecule has 4 heteroatoms. The molecule has 0 atom stereocenters. The predicted molar refractivity (Wildman–Crippen MR) is 84.5 cm³/mol. The van der Waals surface area contributed by atoms with Crippen LogP contribution in [0.25, 0.3) is 0 Å². The monoisotopic (exact) mass is 296 g/mol. The topological polar surface area (TPSA) is 24.5 Å². The molecule has 1 fully saturated rings. The minimum atomic E-state index is 0.678. The van der Waals surface area contributed by atoms with Crippen molar-refractivity contribution in [1.82, 2.24) is 10.2 Å². The van der Waals surface area contributed by atoms with Crippen LogP contribution in [-0.4, -0.2) is 38.2 Å². The number of nitrogens with one attached hydrogen (secondary N) is 1. The quantitative estimate of drug-likeness (QED) is 0.816. The minimum absolute atomic E-state index is 0.678. The van der Waals surface area contributed by atoms with Gasteiger partial charge < -0.3 is 15.0 Å². The van der Waals surface area contributed by atoms with Crippen LogP contribution >= 0.6 is 11.6 Å². The van der Waals surface area contributed by atoms with Gasteiger partial charge in [0.05, 0.1) is 12.1 Å². The summed E-state index contributed by atoms with van der Waals surface area (Å²) in [5, 5.41) is 4.16. The number of nitrogens with zero attached hydrogens (tertiary/aromatic N) is 1. The second-order valence-corrected chi connectivity index (χ2v) is 6.08. The molecule has 0 unspecified atom stereocenters. The van der Waals surface area contributed by atoms with Gasteiger partial charge in [-0.2, -0.15) is 0 Å². The fourth-order valence-corrected chi connectivity index (χ4v) is 2.86. The number of ether oxygens (including phenoxy) is 1. The summed E-state index contributed by atoms with van der Waals surface area (Å²) < 4.78 is 5.15. The van der Waals surface area contributed by atoms with Crippen molar-refractivity contribution in [2.45, 2.75) is 26.3 Å². The maximum atomic E-state index is 6.12. The van der Waals surface area contributed by atoms with Gasteiger partial charge in [0.1, 0.15) is 5.75 Å². The van der Waals surface area contributed by atoms with Gasteiger partial charge in [-0.15, -0.1) is 0 Å². The molecule has 0 aromatic heterocycles. The molecule has 0 radical (unpaired) electrons. The van der Waals surface area contributed by atoms with Gasteiger partial charge in [-0.05, 0) is 49.5 Å². The first-order chi connectivity index (χ1) is 9.69. The van der Waals surface area contributed by atoms with E-state index in [1.54, 1.807) is 7.11 Å². The lowest BCUT2D eigenvalue weighted by atomic mass is 9.99. The lowest BCUT2D eigenvalue weighted by Crippen LogP contribution is -2.37. The Balaban J connectivity index is 1.67. The van der Waals surface area contributed by atoms with E-state index in [2.05, 4.69) is 23.2 Å². The fourth-order valence-electron chi connectivity index (χ4n) is 2.58. The van der Waals surface area contributed by atoms with Gasteiger partial charge in [0.2, 0.25) is 0 Å². The molecule has 0 saturated carbocycles. The van der Waals surface area contributed by atoms with Crippen LogP contribution in [0.2, 0.25) is 5.02 Å². The maximum absolute atomic E-state index is 6.12. The summed E-state index contributed by atoms with van der Waals surface area (Å²) in [6.07, 6.45) is 2.68. The van der Waals surface area contributed by atoms with E-state index in [1.165, 1.54) is 31.5 Å². The molecule has 1 aromatic rings. The Labute approximate surface area is 127 Å². The zero-order valence-electron chi connectivity index (χ0n) is 12.5. The standard InChI is InChI=1S/C16H25ClN2O/c1-13-5-8-19(9-6-13)10-7-18-12-14-3-4-16(20-2)15(17)11-14/h3-4,11,13,18H,5-10,12H2,1-2H3. The molecule has 1 heterocycles. The number of piperidine rings is 1. The molecule has 1 aromatic carbocycles. The minimum Gasteiger partial charge on any atom is -0.495 e. The third-order valence-electron chi connectivity index (χ3n) is 4.03. The van der Waals surface area contributed by atoms with Crippen LogP contribution in [0.5, 0.6) is 5.75 Å². The summed E-state index contributed by atoms with van der Waals surface area (Å²) in [6.45, 7) is 7.86. The smallest absolute Gasteiger partial charge is 0.137 e. The van der Waals surface area contributed by atoms with Crippen LogP contribution < -0.4 is 10.1 Å². The van der Waals surface area contributed by atoms with E-state index < -0.39 is 0 Å². The molecule has 2 rings (SSSR count). The highest BCUT2D eigenvalue weighted by Gasteiger charge is 2.14. The van der Waals surface area contributed by atoms with Crippen molar-refractivity contribution in [3.63, 3.8) is 0 Å². The molecule has 1 N–H and O–H groups in total. The van der Waals surface area contributed by atoms with E-state index in [0.717, 1.165) is 31.3 Å². The maximum Gasteiger partial charge on any atom is 0.137 e. The van der Waals surface area contributed by atoms with Gasteiger partial charge in [-0.1, -0.05) is 24.6 Å². The first-order valence-corrected chi connectivity index (χ1v) is 7.82. The highest BCUT2D eigenvalue weighted by Crippen LogP contribution is 2.24. The van der Waals surface area contributed by atoms with Crippen LogP contribution in [0.15, 0.2) is 18.2 Å². The molecule has 20 heavy (non-hydrogen) atoms. The molecule has 0 amide bonds. The zero-order valence-corrected chi connectivity index (χ0v) is 13.2. The average Bonchev–Trinajstić information content (AvgIpc) is 2.46. The van der Waals surface area contributed by atoms with Gasteiger partial charge in [0.15, 0.2) is 0 Å². The van der Waals surface area contributed by atoms with E-state index in [-0.39, 0.29) is 0 Å². The molecule has 1 saturated heterocycles. The summed E-state index contributed by atoms with van der Waals surface area (Å²) in [4.78, 5) is 2.55. The van der Waals surface area contributed by atoms with Crippen molar-refractivity contribution >= 4 is 11.6 Å². The van der Waals surface area contributed by atoms with E-state index in [0.29, 0.717) is 5.02 Å². The van der Waals surface area contributed by atoms with E-state index in [9.17, 15) is 0 Å². The Kier molecular flexibility index (Phi) is 6.14. The van der Waals surface area contributed by atoms with Crippen molar-refractivity contribution in [2.75, 3.05) is 33.3 Å². The zero-order chi connectivity index (χ0) is 14.4. The van der Waals surface area contributed by atoms with E-state index in [1.807, 2.05) is 12.1 Å². The molecule has 112 valence electrons. The van der Waals surface area contributed by atoms with Gasteiger partial charge in [-0.25, -0.2) is 0 Å². The molecule has 1 aliphatic heterocycles. The van der Waals surface area contributed by atoms with Crippen molar-refractivity contribution in [1.29, 1.82) is 0 Å². The molecular weight excluding hydrogens is 272 g/mol. The highest BCUT2D eigenvalue weighted by molar-refractivity contribution is 6.32. The number of rotatable bonds is 6. The van der Waals surface area contributed by atoms with E-state index in [4.69, 9.17) is 16.3 Å². The molecule has 0 spiro atoms. The number of hydrogen-bond donors (Lipinski definition) is 1. The number of benzene rings is 1. The third-order valence-corrected chi connectivity index (χ3v) is 4.32. The highest BCUT2D eigenvalue weighted by atomic mass is 35.5. The summed E-state index contributed by atoms with van der Waals surface area (Å²) in [6, 6.07) is 5.95. The largest absolute Gasteiger partial charge is 0.495 e. The Morgan fingerprint density at radius 2 is 2.10 bits per heavy atom. The van der Waals surface area contributed by atoms with Gasteiger partial charge in [-0.3, -0.25) is 0 Å². The number of methoxy groups -OCH3 is 1. The third kappa shape index (κ3) is 4.65. The van der Waals surface area contributed by atoms with E-state index >= 15 is 0 Å². The number of halogens is 1. The summed E-state index contributed by atoms with van der Waals surface area (Å²) in [5.74, 6) is 1.64. The van der Waals surface area contributed by atoms with Crippen LogP contribution in [-0.2, 0) is 6.54 Å². The molecule has 1 aliphatic rings. The molecule has 3 nitrogen and oxygen atoms in total. The lowest BCUT2D eigenvalue weighted by Gasteiger charge is -2.30. The lowest BCUT2D eigenvalue weighted by molar-refractivity contribution is 0.193. The summed E-state index contributed by atoms with van der Waals surface area (Å²) >= 11 is 6.12. The molecule has 0 aliphatic carbocycles. The Bertz CT molecular complexity index is 417. The summed E-state index contributed by atoms with van der Waals surface area (Å²) in [5.41, 5.74) is 1.20. The van der Waals surface area contributed by atoms with Crippen molar-refractivity contribution < 1.29 is 4.74 Å². The average molecular weight is 297 g/mol. The molecule has 0 bridgehead atoms. The first-order valence-electron chi connectivity index (χ1n) is 7.44.